The first-order valence-corrected chi connectivity index (χ1v) is 4.79. The van der Waals surface area contributed by atoms with Gasteiger partial charge in [0.05, 0.1) is 5.69 Å². The summed E-state index contributed by atoms with van der Waals surface area (Å²) >= 11 is 0. The molecule has 1 aromatic carbocycles. The van der Waals surface area contributed by atoms with Crippen molar-refractivity contribution in [2.75, 3.05) is 0 Å². The lowest BCUT2D eigenvalue weighted by Crippen LogP contribution is -2.20. The normalized spacial score (nSPS) is 10.6. The Morgan fingerprint density at radius 2 is 1.80 bits per heavy atom. The quantitative estimate of drug-likeness (QED) is 0.689. The highest BCUT2D eigenvalue weighted by atomic mass is 16.1. The van der Waals surface area contributed by atoms with E-state index < -0.39 is 0 Å². The Morgan fingerprint density at radius 3 is 2.27 bits per heavy atom. The number of hydrogen-bond acceptors (Lipinski definition) is 1. The van der Waals surface area contributed by atoms with Gasteiger partial charge in [-0.1, -0.05) is 18.2 Å². The number of nitrogens with zero attached hydrogens (tertiary/aromatic N) is 2. The Balaban J connectivity index is 2.75. The van der Waals surface area contributed by atoms with Crippen molar-refractivity contribution in [3.05, 3.63) is 58.9 Å². The van der Waals surface area contributed by atoms with Crippen LogP contribution in [0.25, 0.3) is 5.69 Å². The first-order chi connectivity index (χ1) is 7.13. The fourth-order valence-corrected chi connectivity index (χ4v) is 1.62. The van der Waals surface area contributed by atoms with Crippen LogP contribution in [0.3, 0.4) is 0 Å². The van der Waals surface area contributed by atoms with Crippen molar-refractivity contribution in [3.63, 3.8) is 0 Å². The summed E-state index contributed by atoms with van der Waals surface area (Å²) < 4.78 is 3.44. The van der Waals surface area contributed by atoms with E-state index in [0.717, 1.165) is 11.4 Å². The lowest BCUT2D eigenvalue weighted by atomic mass is 10.3. The Labute approximate surface area is 88.6 Å². The van der Waals surface area contributed by atoms with Gasteiger partial charge >= 0.3 is 0 Å². The minimum Gasteiger partial charge on any atom is -0.285 e. The molecule has 77 valence electrons. The van der Waals surface area contributed by atoms with Crippen molar-refractivity contribution < 1.29 is 0 Å². The van der Waals surface area contributed by atoms with E-state index in [1.165, 1.54) is 0 Å². The zero-order chi connectivity index (χ0) is 11.0. The van der Waals surface area contributed by atoms with Gasteiger partial charge in [0.25, 0.3) is 5.56 Å². The lowest BCUT2D eigenvalue weighted by molar-refractivity contribution is 0.630. The minimum absolute atomic E-state index is 0.0544. The van der Waals surface area contributed by atoms with E-state index in [1.807, 2.05) is 49.0 Å². The molecule has 2 rings (SSSR count). The summed E-state index contributed by atoms with van der Waals surface area (Å²) in [4.78, 5) is 11.9. The van der Waals surface area contributed by atoms with Crippen LogP contribution >= 0.6 is 0 Å². The van der Waals surface area contributed by atoms with Crippen LogP contribution in [-0.4, -0.2) is 9.36 Å². The molecule has 2 aromatic rings. The molecular formula is C12H13N2O. The summed E-state index contributed by atoms with van der Waals surface area (Å²) in [5.41, 5.74) is 2.26. The molecule has 0 amide bonds. The number of rotatable bonds is 1. The second kappa shape index (κ2) is 3.42. The molecule has 3 nitrogen and oxygen atoms in total. The predicted molar refractivity (Wildman–Crippen MR) is 60.2 cm³/mol. The van der Waals surface area contributed by atoms with Gasteiger partial charge in [0.15, 0.2) is 0 Å². The molecule has 0 atom stereocenters. The van der Waals surface area contributed by atoms with Gasteiger partial charge in [-0.05, 0) is 26.0 Å². The Hall–Kier alpha value is -1.77. The van der Waals surface area contributed by atoms with Crippen LogP contribution in [0, 0.1) is 13.8 Å². The molecule has 0 aliphatic rings. The van der Waals surface area contributed by atoms with Gasteiger partial charge in [-0.3, -0.25) is 9.48 Å². The Morgan fingerprint density at radius 1 is 1.20 bits per heavy atom. The second-order valence-electron chi connectivity index (χ2n) is 3.54. The van der Waals surface area contributed by atoms with E-state index in [9.17, 15) is 4.79 Å². The standard InChI is InChI=1S/C12H13N2O/c1-9-10(2)13(3)14(12(9)15)11-7-5-4-6-8-11/h4-8H,1H2,2-3H3. The average molecular weight is 201 g/mol. The van der Waals surface area contributed by atoms with E-state index in [0.29, 0.717) is 5.56 Å². The van der Waals surface area contributed by atoms with Gasteiger partial charge in [0.1, 0.15) is 0 Å². The lowest BCUT2D eigenvalue weighted by Gasteiger charge is -2.07. The van der Waals surface area contributed by atoms with Crippen LogP contribution in [-0.2, 0) is 7.05 Å². The van der Waals surface area contributed by atoms with Gasteiger partial charge in [-0.15, -0.1) is 0 Å². The van der Waals surface area contributed by atoms with Crippen LogP contribution in [0.4, 0.5) is 0 Å². The summed E-state index contributed by atoms with van der Waals surface area (Å²) in [6.07, 6.45) is 0. The van der Waals surface area contributed by atoms with Crippen molar-refractivity contribution in [3.8, 4) is 5.69 Å². The average Bonchev–Trinajstić information content (AvgIpc) is 2.45. The van der Waals surface area contributed by atoms with Crippen LogP contribution in [0.1, 0.15) is 11.3 Å². The zero-order valence-corrected chi connectivity index (χ0v) is 8.90. The van der Waals surface area contributed by atoms with E-state index >= 15 is 0 Å². The molecule has 1 radical (unpaired) electrons. The Bertz CT molecular complexity index is 535. The molecule has 1 heterocycles. The molecule has 0 unspecified atom stereocenters. The summed E-state index contributed by atoms with van der Waals surface area (Å²) in [5, 5.41) is 0. The molecule has 3 heteroatoms. The monoisotopic (exact) mass is 201 g/mol. The van der Waals surface area contributed by atoms with E-state index in [2.05, 4.69) is 6.92 Å². The predicted octanol–water partition coefficient (Wildman–Crippen LogP) is 1.67. The maximum Gasteiger partial charge on any atom is 0.274 e. The highest BCUT2D eigenvalue weighted by Gasteiger charge is 2.11. The summed E-state index contributed by atoms with van der Waals surface area (Å²) in [6, 6.07) is 9.55. The number of para-hydroxylation sites is 1. The third-order valence-electron chi connectivity index (χ3n) is 2.67. The van der Waals surface area contributed by atoms with E-state index in [1.54, 1.807) is 4.68 Å². The van der Waals surface area contributed by atoms with Gasteiger partial charge in [-0.2, -0.15) is 0 Å². The third kappa shape index (κ3) is 1.40. The zero-order valence-electron chi connectivity index (χ0n) is 8.90. The van der Waals surface area contributed by atoms with Crippen molar-refractivity contribution in [1.82, 2.24) is 9.36 Å². The largest absolute Gasteiger partial charge is 0.285 e. The SMILES string of the molecule is [CH2]c1c(C)n(C)n(-c2ccccc2)c1=O. The summed E-state index contributed by atoms with van der Waals surface area (Å²) in [6.45, 7) is 5.66. The molecule has 0 saturated heterocycles. The molecule has 0 aliphatic carbocycles. The van der Waals surface area contributed by atoms with Crippen molar-refractivity contribution in [2.45, 2.75) is 6.92 Å². The fraction of sp³-hybridized carbons (Fsp3) is 0.167. The van der Waals surface area contributed by atoms with Crippen LogP contribution in [0.15, 0.2) is 35.1 Å². The summed E-state index contributed by atoms with van der Waals surface area (Å²) in [5.74, 6) is 0. The van der Waals surface area contributed by atoms with Gasteiger partial charge < -0.3 is 0 Å². The number of hydrogen-bond donors (Lipinski definition) is 0. The molecule has 0 N–H and O–H groups in total. The molecule has 0 aliphatic heterocycles. The van der Waals surface area contributed by atoms with Crippen LogP contribution < -0.4 is 5.56 Å². The molecule has 0 spiro atoms. The Kier molecular flexibility index (Phi) is 2.23. The van der Waals surface area contributed by atoms with Crippen molar-refractivity contribution in [1.29, 1.82) is 0 Å². The third-order valence-corrected chi connectivity index (χ3v) is 2.67. The summed E-state index contributed by atoms with van der Waals surface area (Å²) in [7, 11) is 1.86. The fourth-order valence-electron chi connectivity index (χ4n) is 1.62. The van der Waals surface area contributed by atoms with Crippen molar-refractivity contribution in [2.24, 2.45) is 7.05 Å². The molecule has 0 saturated carbocycles. The minimum atomic E-state index is -0.0544. The second-order valence-corrected chi connectivity index (χ2v) is 3.54. The van der Waals surface area contributed by atoms with Crippen molar-refractivity contribution >= 4 is 0 Å². The van der Waals surface area contributed by atoms with Crippen LogP contribution in [0.5, 0.6) is 0 Å². The number of benzene rings is 1. The number of aromatic nitrogens is 2. The highest BCUT2D eigenvalue weighted by molar-refractivity contribution is 5.33. The van der Waals surface area contributed by atoms with Crippen LogP contribution in [0.2, 0.25) is 0 Å². The maximum absolute atomic E-state index is 11.9. The smallest absolute Gasteiger partial charge is 0.274 e. The van der Waals surface area contributed by atoms with Gasteiger partial charge in [0.2, 0.25) is 0 Å². The first-order valence-electron chi connectivity index (χ1n) is 4.79. The molecule has 0 bridgehead atoms. The van der Waals surface area contributed by atoms with E-state index in [-0.39, 0.29) is 5.56 Å². The topological polar surface area (TPSA) is 26.9 Å². The molecule has 0 fully saturated rings. The van der Waals surface area contributed by atoms with Gasteiger partial charge in [-0.25, -0.2) is 4.68 Å². The maximum atomic E-state index is 11.9. The molecule has 15 heavy (non-hydrogen) atoms. The molecular weight excluding hydrogens is 188 g/mol. The highest BCUT2D eigenvalue weighted by Crippen LogP contribution is 2.08. The molecule has 1 aromatic heterocycles. The van der Waals surface area contributed by atoms with Gasteiger partial charge in [0, 0.05) is 18.3 Å². The van der Waals surface area contributed by atoms with E-state index in [4.69, 9.17) is 0 Å². The first kappa shape index (κ1) is 9.77.